The van der Waals surface area contributed by atoms with E-state index in [0.29, 0.717) is 18.2 Å². The molecule has 0 spiro atoms. The van der Waals surface area contributed by atoms with Gasteiger partial charge in [0.25, 0.3) is 0 Å². The zero-order valence-corrected chi connectivity index (χ0v) is 12.3. The van der Waals surface area contributed by atoms with Gasteiger partial charge >= 0.3 is 0 Å². The van der Waals surface area contributed by atoms with Crippen LogP contribution in [0.2, 0.25) is 0 Å². The number of nitrogens with zero attached hydrogens (tertiary/aromatic N) is 1. The van der Waals surface area contributed by atoms with Gasteiger partial charge in [0.1, 0.15) is 0 Å². The van der Waals surface area contributed by atoms with Crippen LogP contribution in [0.4, 0.5) is 0 Å². The van der Waals surface area contributed by atoms with Gasteiger partial charge in [-0.1, -0.05) is 13.3 Å². The number of hydrogen-bond donors (Lipinski definition) is 1. The van der Waals surface area contributed by atoms with Crippen molar-refractivity contribution in [2.45, 2.75) is 32.6 Å². The van der Waals surface area contributed by atoms with Crippen molar-refractivity contribution in [2.75, 3.05) is 31.1 Å². The summed E-state index contributed by atoms with van der Waals surface area (Å²) in [6.45, 7) is 4.72. The van der Waals surface area contributed by atoms with E-state index in [1.807, 2.05) is 16.7 Å². The summed E-state index contributed by atoms with van der Waals surface area (Å²) in [5.74, 6) is 3.02. The molecule has 0 saturated carbocycles. The molecule has 1 atom stereocenters. The molecule has 0 aromatic heterocycles. The predicted octanol–water partition coefficient (Wildman–Crippen LogP) is 2.14. The van der Waals surface area contributed by atoms with Crippen LogP contribution in [-0.4, -0.2) is 41.9 Å². The van der Waals surface area contributed by atoms with Crippen molar-refractivity contribution in [1.82, 2.24) is 4.90 Å². The van der Waals surface area contributed by atoms with Crippen LogP contribution >= 0.6 is 24.2 Å². The van der Waals surface area contributed by atoms with Crippen molar-refractivity contribution in [2.24, 2.45) is 11.7 Å². The number of carbonyl (C=O) groups excluding carboxylic acids is 1. The second kappa shape index (κ2) is 10.0. The first-order chi connectivity index (χ1) is 7.77. The number of thioether (sulfide) groups is 1. The maximum absolute atomic E-state index is 11.8. The van der Waals surface area contributed by atoms with Gasteiger partial charge in [-0.2, -0.15) is 11.8 Å². The summed E-state index contributed by atoms with van der Waals surface area (Å²) < 4.78 is 0. The molecular formula is C12H25ClN2OS. The molecule has 1 rings (SSSR count). The van der Waals surface area contributed by atoms with Crippen LogP contribution in [0, 0.1) is 5.92 Å². The highest BCUT2D eigenvalue weighted by molar-refractivity contribution is 7.99. The zero-order valence-electron chi connectivity index (χ0n) is 10.7. The monoisotopic (exact) mass is 280 g/mol. The summed E-state index contributed by atoms with van der Waals surface area (Å²) in [5.41, 5.74) is 5.61. The van der Waals surface area contributed by atoms with Crippen LogP contribution in [0.1, 0.15) is 32.6 Å². The van der Waals surface area contributed by atoms with Gasteiger partial charge in [-0.3, -0.25) is 4.79 Å². The van der Waals surface area contributed by atoms with E-state index in [0.717, 1.165) is 31.8 Å². The number of likely N-dealkylation sites (tertiary alicyclic amines) is 1. The predicted molar refractivity (Wildman–Crippen MR) is 77.8 cm³/mol. The standard InChI is InChI=1S/C12H24N2OS.ClH/c1-2-3-7-16-8-5-12(15)14-6-4-11(9-13)10-14;/h11H,2-10,13H2,1H3;1H. The Morgan fingerprint density at radius 1 is 1.47 bits per heavy atom. The highest BCUT2D eigenvalue weighted by Crippen LogP contribution is 2.16. The molecule has 0 aliphatic carbocycles. The third-order valence-electron chi connectivity index (χ3n) is 3.07. The molecule has 5 heteroatoms. The lowest BCUT2D eigenvalue weighted by Crippen LogP contribution is -2.30. The minimum absolute atomic E-state index is 0. The molecule has 0 aromatic rings. The number of halogens is 1. The molecule has 1 fully saturated rings. The number of amides is 1. The van der Waals surface area contributed by atoms with Crippen LogP contribution in [0.5, 0.6) is 0 Å². The van der Waals surface area contributed by atoms with Crippen LogP contribution in [0.3, 0.4) is 0 Å². The maximum Gasteiger partial charge on any atom is 0.223 e. The van der Waals surface area contributed by atoms with Gasteiger partial charge in [-0.05, 0) is 31.1 Å². The van der Waals surface area contributed by atoms with Crippen molar-refractivity contribution < 1.29 is 4.79 Å². The quantitative estimate of drug-likeness (QED) is 0.727. The lowest BCUT2D eigenvalue weighted by atomic mass is 10.1. The topological polar surface area (TPSA) is 46.3 Å². The van der Waals surface area contributed by atoms with Gasteiger partial charge in [-0.25, -0.2) is 0 Å². The minimum Gasteiger partial charge on any atom is -0.342 e. The number of unbranched alkanes of at least 4 members (excludes halogenated alkanes) is 1. The molecule has 0 radical (unpaired) electrons. The maximum atomic E-state index is 11.8. The second-order valence-corrected chi connectivity index (χ2v) is 5.67. The van der Waals surface area contributed by atoms with Crippen LogP contribution in [0.15, 0.2) is 0 Å². The summed E-state index contributed by atoms with van der Waals surface area (Å²) in [7, 11) is 0. The third kappa shape index (κ3) is 6.53. The Kier molecular flexibility index (Phi) is 10.1. The van der Waals surface area contributed by atoms with Crippen molar-refractivity contribution in [1.29, 1.82) is 0 Å². The van der Waals surface area contributed by atoms with Gasteiger partial charge in [-0.15, -0.1) is 12.4 Å². The zero-order chi connectivity index (χ0) is 11.8. The molecule has 0 bridgehead atoms. The Bertz CT molecular complexity index is 217. The second-order valence-electron chi connectivity index (χ2n) is 4.45. The van der Waals surface area contributed by atoms with E-state index in [1.165, 1.54) is 18.6 Å². The lowest BCUT2D eigenvalue weighted by molar-refractivity contribution is -0.129. The van der Waals surface area contributed by atoms with Gasteiger partial charge in [0.05, 0.1) is 0 Å². The molecule has 2 N–H and O–H groups in total. The Morgan fingerprint density at radius 2 is 2.24 bits per heavy atom. The Hall–Kier alpha value is 0.0700. The SMILES string of the molecule is CCCCSCCC(=O)N1CCC(CN)C1.Cl. The van der Waals surface area contributed by atoms with Gasteiger partial charge in [0.2, 0.25) is 5.91 Å². The molecule has 0 aromatic carbocycles. The highest BCUT2D eigenvalue weighted by Gasteiger charge is 2.24. The average Bonchev–Trinajstić information content (AvgIpc) is 2.77. The fourth-order valence-corrected chi connectivity index (χ4v) is 2.93. The van der Waals surface area contributed by atoms with Crippen molar-refractivity contribution in [3.8, 4) is 0 Å². The first-order valence-electron chi connectivity index (χ1n) is 6.33. The van der Waals surface area contributed by atoms with Crippen molar-refractivity contribution in [3.05, 3.63) is 0 Å². The van der Waals surface area contributed by atoms with Gasteiger partial charge in [0.15, 0.2) is 0 Å². The third-order valence-corrected chi connectivity index (χ3v) is 4.14. The van der Waals surface area contributed by atoms with E-state index in [4.69, 9.17) is 5.73 Å². The molecule has 1 amide bonds. The molecular weight excluding hydrogens is 256 g/mol. The molecule has 3 nitrogen and oxygen atoms in total. The summed E-state index contributed by atoms with van der Waals surface area (Å²) in [4.78, 5) is 13.8. The Balaban J connectivity index is 0.00000256. The van der Waals surface area contributed by atoms with E-state index in [1.54, 1.807) is 0 Å². The Morgan fingerprint density at radius 3 is 2.82 bits per heavy atom. The molecule has 1 saturated heterocycles. The van der Waals surface area contributed by atoms with E-state index in [9.17, 15) is 4.79 Å². The molecule has 1 heterocycles. The molecule has 102 valence electrons. The summed E-state index contributed by atoms with van der Waals surface area (Å²) in [6.07, 6.45) is 4.29. The summed E-state index contributed by atoms with van der Waals surface area (Å²) >= 11 is 1.90. The van der Waals surface area contributed by atoms with Crippen molar-refractivity contribution >= 4 is 30.1 Å². The number of carbonyl (C=O) groups is 1. The fraction of sp³-hybridized carbons (Fsp3) is 0.917. The lowest BCUT2D eigenvalue weighted by Gasteiger charge is -2.15. The summed E-state index contributed by atoms with van der Waals surface area (Å²) in [5, 5.41) is 0. The average molecular weight is 281 g/mol. The number of rotatable bonds is 7. The minimum atomic E-state index is 0. The number of nitrogens with two attached hydrogens (primary N) is 1. The van der Waals surface area contributed by atoms with E-state index in [-0.39, 0.29) is 12.4 Å². The number of hydrogen-bond acceptors (Lipinski definition) is 3. The van der Waals surface area contributed by atoms with Gasteiger partial charge < -0.3 is 10.6 Å². The van der Waals surface area contributed by atoms with Crippen LogP contribution in [-0.2, 0) is 4.79 Å². The molecule has 1 aliphatic heterocycles. The molecule has 1 unspecified atom stereocenters. The van der Waals surface area contributed by atoms with Gasteiger partial charge in [0, 0.05) is 25.3 Å². The highest BCUT2D eigenvalue weighted by atomic mass is 35.5. The van der Waals surface area contributed by atoms with Crippen molar-refractivity contribution in [3.63, 3.8) is 0 Å². The first kappa shape index (κ1) is 17.1. The summed E-state index contributed by atoms with van der Waals surface area (Å²) in [6, 6.07) is 0. The molecule has 17 heavy (non-hydrogen) atoms. The first-order valence-corrected chi connectivity index (χ1v) is 7.49. The molecule has 1 aliphatic rings. The normalized spacial score (nSPS) is 19.2. The van der Waals surface area contributed by atoms with Crippen LogP contribution < -0.4 is 5.73 Å². The van der Waals surface area contributed by atoms with E-state index >= 15 is 0 Å². The smallest absolute Gasteiger partial charge is 0.223 e. The fourth-order valence-electron chi connectivity index (χ4n) is 1.92. The van der Waals surface area contributed by atoms with E-state index < -0.39 is 0 Å². The largest absolute Gasteiger partial charge is 0.342 e. The van der Waals surface area contributed by atoms with Crippen LogP contribution in [0.25, 0.3) is 0 Å². The van der Waals surface area contributed by atoms with E-state index in [2.05, 4.69) is 6.92 Å². The Labute approximate surface area is 115 Å².